The molecule has 2 aliphatic carbocycles. The Labute approximate surface area is 83.5 Å². The Balaban J connectivity index is 2.18. The van der Waals surface area contributed by atoms with E-state index in [0.717, 1.165) is 23.1 Å². The molecule has 1 heteroatoms. The Morgan fingerprint density at radius 1 is 1.21 bits per heavy atom. The third-order valence-electron chi connectivity index (χ3n) is 3.77. The van der Waals surface area contributed by atoms with E-state index in [9.17, 15) is 4.39 Å². The quantitative estimate of drug-likeness (QED) is 0.584. The molecular formula is C13H13F. The average molecular weight is 188 g/mol. The lowest BCUT2D eigenvalue weighted by molar-refractivity contribution is 0.557. The van der Waals surface area contributed by atoms with Crippen LogP contribution in [-0.2, 0) is 6.42 Å². The molecule has 72 valence electrons. The molecule has 1 aromatic rings. The summed E-state index contributed by atoms with van der Waals surface area (Å²) in [6, 6.07) is 5.37. The van der Waals surface area contributed by atoms with Crippen LogP contribution in [0.15, 0.2) is 24.8 Å². The highest BCUT2D eigenvalue weighted by molar-refractivity contribution is 5.75. The van der Waals surface area contributed by atoms with E-state index < -0.39 is 0 Å². The Morgan fingerprint density at radius 3 is 2.71 bits per heavy atom. The molecule has 14 heavy (non-hydrogen) atoms. The zero-order valence-electron chi connectivity index (χ0n) is 8.15. The van der Waals surface area contributed by atoms with Crippen LogP contribution >= 0.6 is 0 Å². The van der Waals surface area contributed by atoms with E-state index in [-0.39, 0.29) is 11.2 Å². The van der Waals surface area contributed by atoms with Crippen LogP contribution in [0.3, 0.4) is 0 Å². The fourth-order valence-corrected chi connectivity index (χ4v) is 2.61. The number of fused-ring (bicyclic) bond motifs is 1. The summed E-state index contributed by atoms with van der Waals surface area (Å²) in [6.07, 6.45) is 4.60. The Bertz CT molecular complexity index is 413. The van der Waals surface area contributed by atoms with Gasteiger partial charge in [0.05, 0.1) is 0 Å². The van der Waals surface area contributed by atoms with Gasteiger partial charge in [0.2, 0.25) is 0 Å². The lowest BCUT2D eigenvalue weighted by Gasteiger charge is -2.27. The highest BCUT2D eigenvalue weighted by Gasteiger charge is 2.48. The van der Waals surface area contributed by atoms with E-state index in [1.54, 1.807) is 12.1 Å². The summed E-state index contributed by atoms with van der Waals surface area (Å²) in [6.45, 7) is 4.09. The predicted molar refractivity (Wildman–Crippen MR) is 55.4 cm³/mol. The second-order valence-corrected chi connectivity index (χ2v) is 4.53. The molecule has 1 spiro atoms. The van der Waals surface area contributed by atoms with Crippen LogP contribution in [-0.4, -0.2) is 0 Å². The van der Waals surface area contributed by atoms with Gasteiger partial charge in [-0.25, -0.2) is 4.39 Å². The van der Waals surface area contributed by atoms with Crippen molar-refractivity contribution in [3.8, 4) is 0 Å². The minimum absolute atomic E-state index is 0.0847. The van der Waals surface area contributed by atoms with Gasteiger partial charge in [-0.2, -0.15) is 0 Å². The lowest BCUT2D eigenvalue weighted by Crippen LogP contribution is -2.14. The largest absolute Gasteiger partial charge is 0.206 e. The van der Waals surface area contributed by atoms with Crippen LogP contribution < -0.4 is 0 Å². The van der Waals surface area contributed by atoms with Gasteiger partial charge in [0, 0.05) is 5.56 Å². The van der Waals surface area contributed by atoms with Crippen molar-refractivity contribution in [3.63, 3.8) is 0 Å². The fraction of sp³-hybridized carbons (Fsp3) is 0.385. The molecule has 3 rings (SSSR count). The molecule has 1 aromatic carbocycles. The maximum atomic E-state index is 13.6. The van der Waals surface area contributed by atoms with E-state index in [1.165, 1.54) is 19.3 Å². The van der Waals surface area contributed by atoms with Crippen LogP contribution in [0.4, 0.5) is 4.39 Å². The van der Waals surface area contributed by atoms with Gasteiger partial charge in [0.25, 0.3) is 0 Å². The van der Waals surface area contributed by atoms with E-state index in [0.29, 0.717) is 0 Å². The molecule has 0 unspecified atom stereocenters. The fourth-order valence-electron chi connectivity index (χ4n) is 2.61. The highest BCUT2D eigenvalue weighted by Crippen LogP contribution is 2.61. The van der Waals surface area contributed by atoms with Crippen LogP contribution in [0.5, 0.6) is 0 Å². The van der Waals surface area contributed by atoms with Crippen molar-refractivity contribution in [3.05, 3.63) is 41.7 Å². The zero-order valence-corrected chi connectivity index (χ0v) is 8.15. The summed E-state index contributed by atoms with van der Waals surface area (Å²) >= 11 is 0. The standard InChI is InChI=1S/C13H13F/c1-9-12-10(3-2-4-11(12)14)5-6-13(9)7-8-13/h2-4H,1,5-8H2. The van der Waals surface area contributed by atoms with Gasteiger partial charge in [-0.05, 0) is 48.3 Å². The molecule has 1 saturated carbocycles. The molecule has 0 saturated heterocycles. The summed E-state index contributed by atoms with van der Waals surface area (Å²) in [5.41, 5.74) is 3.30. The molecule has 0 nitrogen and oxygen atoms in total. The first-order valence-corrected chi connectivity index (χ1v) is 5.20. The topological polar surface area (TPSA) is 0 Å². The van der Waals surface area contributed by atoms with Gasteiger partial charge in [0.15, 0.2) is 0 Å². The van der Waals surface area contributed by atoms with E-state index in [1.807, 2.05) is 6.07 Å². The van der Waals surface area contributed by atoms with Crippen molar-refractivity contribution in [2.75, 3.05) is 0 Å². The first-order valence-electron chi connectivity index (χ1n) is 5.20. The van der Waals surface area contributed by atoms with Crippen molar-refractivity contribution in [2.24, 2.45) is 5.41 Å². The summed E-state index contributed by atoms with van der Waals surface area (Å²) in [4.78, 5) is 0. The molecule has 1 fully saturated rings. The SMILES string of the molecule is C=C1c2c(F)cccc2CCC12CC2. The van der Waals surface area contributed by atoms with E-state index in [2.05, 4.69) is 6.58 Å². The van der Waals surface area contributed by atoms with Crippen molar-refractivity contribution in [1.29, 1.82) is 0 Å². The number of hydrogen-bond donors (Lipinski definition) is 0. The zero-order chi connectivity index (χ0) is 9.76. The summed E-state index contributed by atoms with van der Waals surface area (Å²) < 4.78 is 13.6. The van der Waals surface area contributed by atoms with Gasteiger partial charge in [-0.3, -0.25) is 0 Å². The normalized spacial score (nSPS) is 22.2. The number of halogens is 1. The van der Waals surface area contributed by atoms with Crippen LogP contribution in [0.25, 0.3) is 5.57 Å². The van der Waals surface area contributed by atoms with Crippen molar-refractivity contribution >= 4 is 5.57 Å². The van der Waals surface area contributed by atoms with Gasteiger partial charge in [-0.1, -0.05) is 18.7 Å². The molecule has 0 radical (unpaired) electrons. The average Bonchev–Trinajstić information content (AvgIpc) is 2.93. The Morgan fingerprint density at radius 2 is 2.00 bits per heavy atom. The molecule has 0 bridgehead atoms. The molecule has 2 aliphatic rings. The first-order chi connectivity index (χ1) is 6.73. The summed E-state index contributed by atoms with van der Waals surface area (Å²) in [5.74, 6) is -0.0847. The minimum Gasteiger partial charge on any atom is -0.206 e. The maximum absolute atomic E-state index is 13.6. The highest BCUT2D eigenvalue weighted by atomic mass is 19.1. The number of benzene rings is 1. The third kappa shape index (κ3) is 0.927. The van der Waals surface area contributed by atoms with Gasteiger partial charge < -0.3 is 0 Å². The van der Waals surface area contributed by atoms with Crippen molar-refractivity contribution in [1.82, 2.24) is 0 Å². The molecule has 0 heterocycles. The monoisotopic (exact) mass is 188 g/mol. The van der Waals surface area contributed by atoms with Crippen LogP contribution in [0.1, 0.15) is 30.4 Å². The molecule has 0 aliphatic heterocycles. The Hall–Kier alpha value is -1.11. The van der Waals surface area contributed by atoms with Gasteiger partial charge in [-0.15, -0.1) is 0 Å². The van der Waals surface area contributed by atoms with E-state index >= 15 is 0 Å². The number of hydrogen-bond acceptors (Lipinski definition) is 0. The molecular weight excluding hydrogens is 175 g/mol. The first kappa shape index (κ1) is 8.22. The molecule has 0 atom stereocenters. The molecule has 0 aromatic heterocycles. The van der Waals surface area contributed by atoms with Crippen LogP contribution in [0, 0.1) is 11.2 Å². The summed E-state index contributed by atoms with van der Waals surface area (Å²) in [7, 11) is 0. The maximum Gasteiger partial charge on any atom is 0.130 e. The number of rotatable bonds is 0. The second-order valence-electron chi connectivity index (χ2n) is 4.53. The van der Waals surface area contributed by atoms with Gasteiger partial charge in [0.1, 0.15) is 5.82 Å². The third-order valence-corrected chi connectivity index (χ3v) is 3.77. The smallest absolute Gasteiger partial charge is 0.130 e. The number of allylic oxidation sites excluding steroid dienone is 1. The van der Waals surface area contributed by atoms with Gasteiger partial charge >= 0.3 is 0 Å². The lowest BCUT2D eigenvalue weighted by atomic mass is 9.78. The predicted octanol–water partition coefficient (Wildman–Crippen LogP) is 3.57. The van der Waals surface area contributed by atoms with Crippen LogP contribution in [0.2, 0.25) is 0 Å². The molecule has 0 amide bonds. The van der Waals surface area contributed by atoms with E-state index in [4.69, 9.17) is 0 Å². The Kier molecular flexibility index (Phi) is 1.45. The second kappa shape index (κ2) is 2.47. The van der Waals surface area contributed by atoms with Crippen molar-refractivity contribution < 1.29 is 4.39 Å². The minimum atomic E-state index is -0.0847. The number of aryl methyl sites for hydroxylation is 1. The molecule has 0 N–H and O–H groups in total. The summed E-state index contributed by atoms with van der Waals surface area (Å²) in [5, 5.41) is 0. The van der Waals surface area contributed by atoms with Crippen molar-refractivity contribution in [2.45, 2.75) is 25.7 Å².